The number of rotatable bonds is 6. The van der Waals surface area contributed by atoms with Crippen molar-refractivity contribution >= 4 is 5.91 Å². The fraction of sp³-hybridized carbons (Fsp3) is 0.500. The molecule has 0 aliphatic carbocycles. The van der Waals surface area contributed by atoms with Gasteiger partial charge in [-0.15, -0.1) is 0 Å². The van der Waals surface area contributed by atoms with Crippen LogP contribution in [0, 0.1) is 5.92 Å². The summed E-state index contributed by atoms with van der Waals surface area (Å²) in [6.07, 6.45) is 0.263. The molecule has 0 heterocycles. The number of nitrogens with two attached hydrogens (primary N) is 1. The smallest absolute Gasteiger partial charge is 0.267 e. The molecule has 0 aliphatic rings. The van der Waals surface area contributed by atoms with Crippen LogP contribution in [0.5, 0.6) is 0 Å². The monoisotopic (exact) mass is 250 g/mol. The largest absolute Gasteiger partial charge is 0.361 e. The molecule has 2 unspecified atom stereocenters. The van der Waals surface area contributed by atoms with Crippen LogP contribution in [-0.2, 0) is 9.53 Å². The maximum absolute atomic E-state index is 11.8. The maximum atomic E-state index is 11.8. The van der Waals surface area contributed by atoms with Gasteiger partial charge < -0.3 is 4.74 Å². The highest BCUT2D eigenvalue weighted by molar-refractivity contribution is 5.81. The summed E-state index contributed by atoms with van der Waals surface area (Å²) in [7, 11) is 0. The van der Waals surface area contributed by atoms with Gasteiger partial charge in [-0.1, -0.05) is 44.2 Å². The molecular weight excluding hydrogens is 228 g/mol. The fourth-order valence-electron chi connectivity index (χ4n) is 1.95. The zero-order valence-electron chi connectivity index (χ0n) is 11.2. The summed E-state index contributed by atoms with van der Waals surface area (Å²) < 4.78 is 5.81. The van der Waals surface area contributed by atoms with Crippen molar-refractivity contribution in [2.24, 2.45) is 11.8 Å². The van der Waals surface area contributed by atoms with Gasteiger partial charge in [-0.05, 0) is 24.8 Å². The summed E-state index contributed by atoms with van der Waals surface area (Å²) >= 11 is 0. The number of amides is 1. The van der Waals surface area contributed by atoms with Gasteiger partial charge in [-0.25, -0.2) is 5.84 Å². The molecule has 0 aromatic heterocycles. The van der Waals surface area contributed by atoms with Gasteiger partial charge in [-0.3, -0.25) is 10.2 Å². The number of hydrazine groups is 1. The Morgan fingerprint density at radius 3 is 2.39 bits per heavy atom. The molecule has 0 bridgehead atoms. The van der Waals surface area contributed by atoms with Crippen LogP contribution in [0.1, 0.15) is 38.9 Å². The van der Waals surface area contributed by atoms with Crippen molar-refractivity contribution < 1.29 is 9.53 Å². The van der Waals surface area contributed by atoms with Gasteiger partial charge in [0.1, 0.15) is 0 Å². The van der Waals surface area contributed by atoms with Crippen molar-refractivity contribution in [3.05, 3.63) is 35.9 Å². The van der Waals surface area contributed by atoms with E-state index in [1.54, 1.807) is 0 Å². The lowest BCUT2D eigenvalue weighted by Gasteiger charge is -2.22. The average molecular weight is 250 g/mol. The average Bonchev–Trinajstić information content (AvgIpc) is 2.35. The third kappa shape index (κ3) is 4.47. The molecule has 0 spiro atoms. The van der Waals surface area contributed by atoms with Crippen molar-refractivity contribution in [2.45, 2.75) is 39.4 Å². The molecule has 0 aliphatic heterocycles. The number of hydrogen-bond acceptors (Lipinski definition) is 3. The molecule has 4 heteroatoms. The molecule has 2 atom stereocenters. The Balaban J connectivity index is 2.77. The van der Waals surface area contributed by atoms with Crippen LogP contribution in [-0.4, -0.2) is 12.0 Å². The maximum Gasteiger partial charge on any atom is 0.267 e. The summed E-state index contributed by atoms with van der Waals surface area (Å²) in [6.45, 7) is 6.22. The molecule has 0 saturated heterocycles. The molecule has 100 valence electrons. The summed E-state index contributed by atoms with van der Waals surface area (Å²) in [5, 5.41) is 0. The van der Waals surface area contributed by atoms with Crippen LogP contribution < -0.4 is 11.3 Å². The molecule has 4 nitrogen and oxygen atoms in total. The molecule has 0 saturated carbocycles. The summed E-state index contributed by atoms with van der Waals surface area (Å²) in [5.41, 5.74) is 2.97. The van der Waals surface area contributed by atoms with E-state index in [0.29, 0.717) is 5.92 Å². The molecule has 1 aromatic rings. The number of nitrogens with one attached hydrogen (secondary N) is 1. The third-order valence-electron chi connectivity index (χ3n) is 2.65. The molecule has 0 fully saturated rings. The van der Waals surface area contributed by atoms with E-state index in [2.05, 4.69) is 19.3 Å². The Kier molecular flexibility index (Phi) is 5.82. The van der Waals surface area contributed by atoms with Gasteiger partial charge in [0.15, 0.2) is 6.10 Å². The highest BCUT2D eigenvalue weighted by atomic mass is 16.5. The van der Waals surface area contributed by atoms with Crippen molar-refractivity contribution in [1.82, 2.24) is 5.43 Å². The van der Waals surface area contributed by atoms with E-state index in [9.17, 15) is 4.79 Å². The first-order valence-electron chi connectivity index (χ1n) is 6.25. The number of benzene rings is 1. The number of carbonyl (C=O) groups excluding carboxylic acids is 1. The van der Waals surface area contributed by atoms with Crippen LogP contribution in [0.2, 0.25) is 0 Å². The van der Waals surface area contributed by atoms with Gasteiger partial charge >= 0.3 is 0 Å². The standard InChI is InChI=1S/C14H22N2O2/c1-10(2)9-11(3)18-13(14(17)16-15)12-7-5-4-6-8-12/h4-8,10-11,13H,9,15H2,1-3H3,(H,16,17). The van der Waals surface area contributed by atoms with Crippen LogP contribution in [0.15, 0.2) is 30.3 Å². The third-order valence-corrected chi connectivity index (χ3v) is 2.65. The van der Waals surface area contributed by atoms with Crippen molar-refractivity contribution in [3.8, 4) is 0 Å². The Morgan fingerprint density at radius 2 is 1.89 bits per heavy atom. The quantitative estimate of drug-likeness (QED) is 0.462. The van der Waals surface area contributed by atoms with E-state index in [4.69, 9.17) is 10.6 Å². The predicted molar refractivity (Wildman–Crippen MR) is 71.5 cm³/mol. The van der Waals surface area contributed by atoms with Crippen molar-refractivity contribution in [2.75, 3.05) is 0 Å². The first kappa shape index (κ1) is 14.7. The second kappa shape index (κ2) is 7.13. The SMILES string of the molecule is CC(C)CC(C)OC(C(=O)NN)c1ccccc1. The predicted octanol–water partition coefficient (Wildman–Crippen LogP) is 2.17. The van der Waals surface area contributed by atoms with Gasteiger partial charge in [0.25, 0.3) is 5.91 Å². The van der Waals surface area contributed by atoms with E-state index in [1.165, 1.54) is 0 Å². The summed E-state index contributed by atoms with van der Waals surface area (Å²) in [6, 6.07) is 9.38. The molecule has 3 N–H and O–H groups in total. The lowest BCUT2D eigenvalue weighted by atomic mass is 10.1. The zero-order chi connectivity index (χ0) is 13.5. The summed E-state index contributed by atoms with van der Waals surface area (Å²) in [4.78, 5) is 11.8. The number of hydrogen-bond donors (Lipinski definition) is 2. The van der Waals surface area contributed by atoms with E-state index < -0.39 is 6.10 Å². The second-order valence-corrected chi connectivity index (χ2v) is 4.88. The minimum atomic E-state index is -0.648. The number of carbonyl (C=O) groups is 1. The fourth-order valence-corrected chi connectivity index (χ4v) is 1.95. The summed E-state index contributed by atoms with van der Waals surface area (Å²) in [5.74, 6) is 5.41. The minimum Gasteiger partial charge on any atom is -0.361 e. The second-order valence-electron chi connectivity index (χ2n) is 4.88. The van der Waals surface area contributed by atoms with Gasteiger partial charge in [0.2, 0.25) is 0 Å². The van der Waals surface area contributed by atoms with E-state index >= 15 is 0 Å². The molecule has 1 amide bonds. The Hall–Kier alpha value is -1.39. The van der Waals surface area contributed by atoms with E-state index in [1.807, 2.05) is 37.3 Å². The first-order valence-corrected chi connectivity index (χ1v) is 6.25. The van der Waals surface area contributed by atoms with Crippen molar-refractivity contribution in [3.63, 3.8) is 0 Å². The minimum absolute atomic E-state index is 0.00695. The molecule has 1 aromatic carbocycles. The molecular formula is C14H22N2O2. The van der Waals surface area contributed by atoms with Crippen LogP contribution in [0.3, 0.4) is 0 Å². The van der Waals surface area contributed by atoms with Gasteiger partial charge in [-0.2, -0.15) is 0 Å². The lowest BCUT2D eigenvalue weighted by Crippen LogP contribution is -2.37. The number of ether oxygens (including phenoxy) is 1. The van der Waals surface area contributed by atoms with Crippen molar-refractivity contribution in [1.29, 1.82) is 0 Å². The van der Waals surface area contributed by atoms with E-state index in [0.717, 1.165) is 12.0 Å². The van der Waals surface area contributed by atoms with Gasteiger partial charge in [0, 0.05) is 0 Å². The Labute approximate surface area is 108 Å². The zero-order valence-corrected chi connectivity index (χ0v) is 11.2. The topological polar surface area (TPSA) is 64.3 Å². The van der Waals surface area contributed by atoms with Crippen LogP contribution in [0.25, 0.3) is 0 Å². The van der Waals surface area contributed by atoms with Gasteiger partial charge in [0.05, 0.1) is 6.10 Å². The molecule has 1 rings (SSSR count). The normalized spacial score (nSPS) is 14.3. The lowest BCUT2D eigenvalue weighted by molar-refractivity contribution is -0.137. The van der Waals surface area contributed by atoms with E-state index in [-0.39, 0.29) is 12.0 Å². The molecule has 18 heavy (non-hydrogen) atoms. The Morgan fingerprint density at radius 1 is 1.28 bits per heavy atom. The highest BCUT2D eigenvalue weighted by Crippen LogP contribution is 2.21. The Bertz CT molecular complexity index is 365. The van der Waals surface area contributed by atoms with Crippen LogP contribution in [0.4, 0.5) is 0 Å². The van der Waals surface area contributed by atoms with Crippen LogP contribution >= 0.6 is 0 Å². The first-order chi connectivity index (χ1) is 8.54. The highest BCUT2D eigenvalue weighted by Gasteiger charge is 2.23. The molecule has 0 radical (unpaired) electrons.